The Bertz CT molecular complexity index is 714. The van der Waals surface area contributed by atoms with Crippen LogP contribution in [0.25, 0.3) is 0 Å². The van der Waals surface area contributed by atoms with Crippen LogP contribution in [-0.4, -0.2) is 29.4 Å². The van der Waals surface area contributed by atoms with Gasteiger partial charge in [0.2, 0.25) is 0 Å². The number of nitro benzene ring substituents is 1. The molecule has 1 aromatic heterocycles. The van der Waals surface area contributed by atoms with Crippen LogP contribution in [0.3, 0.4) is 0 Å². The lowest BCUT2D eigenvalue weighted by Crippen LogP contribution is -2.18. The zero-order valence-corrected chi connectivity index (χ0v) is 13.8. The summed E-state index contributed by atoms with van der Waals surface area (Å²) < 4.78 is 0. The third-order valence-electron chi connectivity index (χ3n) is 3.29. The van der Waals surface area contributed by atoms with Gasteiger partial charge in [-0.1, -0.05) is 6.92 Å². The molecule has 2 rings (SSSR count). The lowest BCUT2D eigenvalue weighted by Gasteiger charge is -2.07. The Morgan fingerprint density at radius 1 is 1.43 bits per heavy atom. The standard InChI is InChI=1S/C15H18N4O3S/c1-3-11-9-18-14(23-11)6-7-17-12-5-4-10(15(20)16-2)8-13(12)19(21)22/h4-5,8-9,17H,3,6-7H2,1-2H3,(H,16,20). The van der Waals surface area contributed by atoms with E-state index in [2.05, 4.69) is 22.5 Å². The molecule has 0 fully saturated rings. The molecule has 1 aromatic carbocycles. The molecule has 0 radical (unpaired) electrons. The van der Waals surface area contributed by atoms with Gasteiger partial charge in [-0.2, -0.15) is 0 Å². The molecule has 0 aliphatic carbocycles. The van der Waals surface area contributed by atoms with E-state index in [1.807, 2.05) is 6.20 Å². The highest BCUT2D eigenvalue weighted by molar-refractivity contribution is 7.11. The number of aryl methyl sites for hydroxylation is 1. The highest BCUT2D eigenvalue weighted by Crippen LogP contribution is 2.25. The Labute approximate surface area is 137 Å². The fourth-order valence-electron chi connectivity index (χ4n) is 2.05. The number of hydrogen-bond donors (Lipinski definition) is 2. The molecule has 2 aromatic rings. The van der Waals surface area contributed by atoms with Crippen LogP contribution in [0.5, 0.6) is 0 Å². The highest BCUT2D eigenvalue weighted by atomic mass is 32.1. The molecule has 1 amide bonds. The first kappa shape index (κ1) is 16.9. The molecule has 0 spiro atoms. The largest absolute Gasteiger partial charge is 0.379 e. The summed E-state index contributed by atoms with van der Waals surface area (Å²) in [5.41, 5.74) is 0.548. The Kier molecular flexibility index (Phi) is 5.64. The van der Waals surface area contributed by atoms with Crippen molar-refractivity contribution in [3.63, 3.8) is 0 Å². The number of rotatable bonds is 7. The summed E-state index contributed by atoms with van der Waals surface area (Å²) in [6.45, 7) is 2.61. The van der Waals surface area contributed by atoms with Crippen molar-refractivity contribution in [3.05, 3.63) is 50.0 Å². The van der Waals surface area contributed by atoms with E-state index in [-0.39, 0.29) is 17.2 Å². The number of anilines is 1. The molecule has 0 aliphatic rings. The van der Waals surface area contributed by atoms with E-state index in [1.54, 1.807) is 23.5 Å². The lowest BCUT2D eigenvalue weighted by molar-refractivity contribution is -0.384. The smallest absolute Gasteiger partial charge is 0.293 e. The van der Waals surface area contributed by atoms with Crippen molar-refractivity contribution in [2.24, 2.45) is 0 Å². The van der Waals surface area contributed by atoms with E-state index >= 15 is 0 Å². The maximum Gasteiger partial charge on any atom is 0.293 e. The van der Waals surface area contributed by atoms with Crippen LogP contribution >= 0.6 is 11.3 Å². The fourth-order valence-corrected chi connectivity index (χ4v) is 2.91. The van der Waals surface area contributed by atoms with Gasteiger partial charge >= 0.3 is 0 Å². The van der Waals surface area contributed by atoms with Crippen molar-refractivity contribution in [1.29, 1.82) is 0 Å². The van der Waals surface area contributed by atoms with E-state index in [0.717, 1.165) is 11.4 Å². The molecule has 8 heteroatoms. The van der Waals surface area contributed by atoms with Gasteiger partial charge in [0, 0.05) is 42.7 Å². The molecule has 0 atom stereocenters. The predicted molar refractivity (Wildman–Crippen MR) is 90.2 cm³/mol. The summed E-state index contributed by atoms with van der Waals surface area (Å²) in [6, 6.07) is 4.40. The number of nitrogens with one attached hydrogen (secondary N) is 2. The summed E-state index contributed by atoms with van der Waals surface area (Å²) in [7, 11) is 1.49. The van der Waals surface area contributed by atoms with Gasteiger partial charge in [-0.15, -0.1) is 11.3 Å². The number of nitro groups is 1. The van der Waals surface area contributed by atoms with E-state index in [0.29, 0.717) is 18.7 Å². The van der Waals surface area contributed by atoms with Crippen molar-refractivity contribution in [1.82, 2.24) is 10.3 Å². The minimum absolute atomic E-state index is 0.112. The minimum Gasteiger partial charge on any atom is -0.379 e. The topological polar surface area (TPSA) is 97.2 Å². The van der Waals surface area contributed by atoms with Crippen LogP contribution < -0.4 is 10.6 Å². The summed E-state index contributed by atoms with van der Waals surface area (Å²) in [4.78, 5) is 27.8. The lowest BCUT2D eigenvalue weighted by atomic mass is 10.1. The number of hydrogen-bond acceptors (Lipinski definition) is 6. The predicted octanol–water partition coefficient (Wildman–Crippen LogP) is 2.63. The van der Waals surface area contributed by atoms with Gasteiger partial charge < -0.3 is 10.6 Å². The second kappa shape index (κ2) is 7.68. The average Bonchev–Trinajstić information content (AvgIpc) is 3.02. The summed E-state index contributed by atoms with van der Waals surface area (Å²) >= 11 is 1.65. The van der Waals surface area contributed by atoms with Gasteiger partial charge in [0.05, 0.1) is 9.93 Å². The Morgan fingerprint density at radius 3 is 2.83 bits per heavy atom. The number of thiazole rings is 1. The Hall–Kier alpha value is -2.48. The monoisotopic (exact) mass is 334 g/mol. The van der Waals surface area contributed by atoms with Crippen molar-refractivity contribution >= 4 is 28.6 Å². The van der Waals surface area contributed by atoms with Crippen molar-refractivity contribution in [2.45, 2.75) is 19.8 Å². The van der Waals surface area contributed by atoms with Crippen molar-refractivity contribution in [3.8, 4) is 0 Å². The number of aromatic nitrogens is 1. The van der Waals surface area contributed by atoms with E-state index in [1.165, 1.54) is 18.0 Å². The first-order valence-electron chi connectivity index (χ1n) is 7.23. The van der Waals surface area contributed by atoms with Gasteiger partial charge in [0.1, 0.15) is 5.69 Å². The molecular formula is C15H18N4O3S. The third kappa shape index (κ3) is 4.26. The maximum atomic E-state index is 11.6. The molecule has 0 bridgehead atoms. The van der Waals surface area contributed by atoms with Crippen LogP contribution in [0.1, 0.15) is 27.2 Å². The van der Waals surface area contributed by atoms with Crippen LogP contribution in [0.15, 0.2) is 24.4 Å². The molecular weight excluding hydrogens is 316 g/mol. The van der Waals surface area contributed by atoms with E-state index in [4.69, 9.17) is 0 Å². The van der Waals surface area contributed by atoms with Gasteiger partial charge in [0.25, 0.3) is 11.6 Å². The SMILES string of the molecule is CCc1cnc(CCNc2ccc(C(=O)NC)cc2[N+](=O)[O-])s1. The Morgan fingerprint density at radius 2 is 2.22 bits per heavy atom. The maximum absolute atomic E-state index is 11.6. The first-order chi connectivity index (χ1) is 11.0. The van der Waals surface area contributed by atoms with Gasteiger partial charge in [0.15, 0.2) is 0 Å². The number of carbonyl (C=O) groups is 1. The highest BCUT2D eigenvalue weighted by Gasteiger charge is 2.17. The van der Waals surface area contributed by atoms with E-state index in [9.17, 15) is 14.9 Å². The molecule has 2 N–H and O–H groups in total. The number of nitrogens with zero attached hydrogens (tertiary/aromatic N) is 2. The van der Waals surface area contributed by atoms with Crippen LogP contribution in [-0.2, 0) is 12.8 Å². The zero-order chi connectivity index (χ0) is 16.8. The molecule has 0 saturated carbocycles. The fraction of sp³-hybridized carbons (Fsp3) is 0.333. The zero-order valence-electron chi connectivity index (χ0n) is 13.0. The molecule has 0 aliphatic heterocycles. The number of benzene rings is 1. The van der Waals surface area contributed by atoms with Gasteiger partial charge in [-0.25, -0.2) is 4.98 Å². The van der Waals surface area contributed by atoms with Crippen molar-refractivity contribution in [2.75, 3.05) is 18.9 Å². The normalized spacial score (nSPS) is 10.3. The molecule has 0 unspecified atom stereocenters. The second-order valence-electron chi connectivity index (χ2n) is 4.82. The first-order valence-corrected chi connectivity index (χ1v) is 8.04. The third-order valence-corrected chi connectivity index (χ3v) is 4.49. The minimum atomic E-state index is -0.493. The summed E-state index contributed by atoms with van der Waals surface area (Å²) in [5, 5.41) is 17.7. The second-order valence-corrected chi connectivity index (χ2v) is 6.02. The van der Waals surface area contributed by atoms with Crippen LogP contribution in [0, 0.1) is 10.1 Å². The number of amides is 1. The molecule has 1 heterocycles. The molecule has 0 saturated heterocycles. The number of carbonyl (C=O) groups excluding carboxylic acids is 1. The average molecular weight is 334 g/mol. The quantitative estimate of drug-likeness (QED) is 0.599. The summed E-state index contributed by atoms with van der Waals surface area (Å²) in [6.07, 6.45) is 3.51. The summed E-state index contributed by atoms with van der Waals surface area (Å²) in [5.74, 6) is -0.352. The van der Waals surface area contributed by atoms with Gasteiger partial charge in [-0.3, -0.25) is 14.9 Å². The van der Waals surface area contributed by atoms with Crippen molar-refractivity contribution < 1.29 is 9.72 Å². The molecule has 23 heavy (non-hydrogen) atoms. The van der Waals surface area contributed by atoms with E-state index < -0.39 is 4.92 Å². The molecule has 7 nitrogen and oxygen atoms in total. The van der Waals surface area contributed by atoms with Gasteiger partial charge in [-0.05, 0) is 18.6 Å². The van der Waals surface area contributed by atoms with Crippen LogP contribution in [0.4, 0.5) is 11.4 Å². The Balaban J connectivity index is 2.06. The molecule has 122 valence electrons. The van der Waals surface area contributed by atoms with Crippen LogP contribution in [0.2, 0.25) is 0 Å².